The van der Waals surface area contributed by atoms with Gasteiger partial charge in [-0.1, -0.05) is 18.5 Å². The number of rotatable bonds is 5. The molecule has 0 aliphatic carbocycles. The van der Waals surface area contributed by atoms with Crippen LogP contribution in [-0.2, 0) is 6.54 Å². The van der Waals surface area contributed by atoms with E-state index in [1.165, 1.54) is 4.88 Å². The van der Waals surface area contributed by atoms with Gasteiger partial charge in [-0.15, -0.1) is 22.9 Å². The molecule has 0 aliphatic heterocycles. The second-order valence-corrected chi connectivity index (χ2v) is 5.26. The molecule has 13 heavy (non-hydrogen) atoms. The Morgan fingerprint density at radius 3 is 2.85 bits per heavy atom. The molecule has 0 saturated carbocycles. The summed E-state index contributed by atoms with van der Waals surface area (Å²) < 4.78 is 0.842. The van der Waals surface area contributed by atoms with Crippen LogP contribution in [-0.4, -0.2) is 11.9 Å². The Morgan fingerprint density at radius 1 is 1.54 bits per heavy atom. The van der Waals surface area contributed by atoms with Crippen molar-refractivity contribution in [1.29, 1.82) is 0 Å². The van der Waals surface area contributed by atoms with E-state index in [-0.39, 0.29) is 5.38 Å². The minimum absolute atomic E-state index is 0.232. The average Bonchev–Trinajstić information content (AvgIpc) is 2.51. The summed E-state index contributed by atoms with van der Waals surface area (Å²) in [6.07, 6.45) is 1.000. The Labute approximate surface area is 93.1 Å². The zero-order chi connectivity index (χ0) is 9.68. The van der Waals surface area contributed by atoms with E-state index < -0.39 is 0 Å². The minimum Gasteiger partial charge on any atom is -0.310 e. The van der Waals surface area contributed by atoms with Crippen molar-refractivity contribution < 1.29 is 0 Å². The van der Waals surface area contributed by atoms with Gasteiger partial charge in [0.1, 0.15) is 0 Å². The fraction of sp³-hybridized carbons (Fsp3) is 0.556. The monoisotopic (exact) mass is 237 g/mol. The molecular formula is C9H13Cl2NS. The lowest BCUT2D eigenvalue weighted by Crippen LogP contribution is -2.21. The average molecular weight is 238 g/mol. The molecular weight excluding hydrogens is 225 g/mol. The van der Waals surface area contributed by atoms with Crippen molar-refractivity contribution in [2.45, 2.75) is 25.3 Å². The van der Waals surface area contributed by atoms with E-state index in [2.05, 4.69) is 12.2 Å². The van der Waals surface area contributed by atoms with Crippen LogP contribution in [0.5, 0.6) is 0 Å². The smallest absolute Gasteiger partial charge is 0.0931 e. The van der Waals surface area contributed by atoms with Gasteiger partial charge in [-0.05, 0) is 18.6 Å². The lowest BCUT2D eigenvalue weighted by molar-refractivity contribution is 0.652. The van der Waals surface area contributed by atoms with Gasteiger partial charge in [0.15, 0.2) is 0 Å². The molecule has 0 fully saturated rings. The zero-order valence-corrected chi connectivity index (χ0v) is 9.85. The molecule has 0 amide bonds. The highest BCUT2D eigenvalue weighted by Crippen LogP contribution is 2.20. The van der Waals surface area contributed by atoms with E-state index in [0.29, 0.717) is 0 Å². The van der Waals surface area contributed by atoms with Crippen molar-refractivity contribution in [1.82, 2.24) is 5.32 Å². The van der Waals surface area contributed by atoms with Gasteiger partial charge >= 0.3 is 0 Å². The molecule has 0 saturated heterocycles. The van der Waals surface area contributed by atoms with E-state index in [4.69, 9.17) is 23.2 Å². The quantitative estimate of drug-likeness (QED) is 0.774. The van der Waals surface area contributed by atoms with E-state index in [9.17, 15) is 0 Å². The third-order valence-corrected chi connectivity index (χ3v) is 3.43. The molecule has 1 aromatic heterocycles. The number of thiophene rings is 1. The van der Waals surface area contributed by atoms with Gasteiger partial charge in [-0.2, -0.15) is 0 Å². The summed E-state index contributed by atoms with van der Waals surface area (Å²) in [4.78, 5) is 1.25. The van der Waals surface area contributed by atoms with Gasteiger partial charge in [0.2, 0.25) is 0 Å². The molecule has 1 heterocycles. The molecule has 1 N–H and O–H groups in total. The van der Waals surface area contributed by atoms with E-state index in [0.717, 1.165) is 23.8 Å². The summed E-state index contributed by atoms with van der Waals surface area (Å²) in [5.74, 6) is 0. The summed E-state index contributed by atoms with van der Waals surface area (Å²) >= 11 is 13.4. The first kappa shape index (κ1) is 11.3. The van der Waals surface area contributed by atoms with E-state index in [1.807, 2.05) is 12.1 Å². The zero-order valence-electron chi connectivity index (χ0n) is 7.52. The molecule has 0 spiro atoms. The van der Waals surface area contributed by atoms with Crippen molar-refractivity contribution >= 4 is 34.5 Å². The van der Waals surface area contributed by atoms with Crippen LogP contribution in [0.4, 0.5) is 0 Å². The summed E-state index contributed by atoms with van der Waals surface area (Å²) in [5, 5.41) is 3.52. The lowest BCUT2D eigenvalue weighted by Gasteiger charge is -2.06. The fourth-order valence-electron chi connectivity index (χ4n) is 0.943. The van der Waals surface area contributed by atoms with Crippen molar-refractivity contribution in [2.24, 2.45) is 0 Å². The van der Waals surface area contributed by atoms with Crippen LogP contribution in [0.2, 0.25) is 4.34 Å². The van der Waals surface area contributed by atoms with Crippen LogP contribution in [0.15, 0.2) is 12.1 Å². The summed E-state index contributed by atoms with van der Waals surface area (Å²) in [6.45, 7) is 3.80. The highest BCUT2D eigenvalue weighted by atomic mass is 35.5. The summed E-state index contributed by atoms with van der Waals surface area (Å²) in [7, 11) is 0. The van der Waals surface area contributed by atoms with Gasteiger partial charge < -0.3 is 5.32 Å². The molecule has 1 nitrogen and oxygen atoms in total. The van der Waals surface area contributed by atoms with Crippen LogP contribution in [0.25, 0.3) is 0 Å². The topological polar surface area (TPSA) is 12.0 Å². The number of halogens is 2. The Morgan fingerprint density at radius 2 is 2.31 bits per heavy atom. The molecule has 4 heteroatoms. The highest BCUT2D eigenvalue weighted by molar-refractivity contribution is 7.16. The standard InChI is InChI=1S/C9H13Cl2NS/c1-2-7(10)5-12-6-8-3-4-9(11)13-8/h3-4,7,12H,2,5-6H2,1H3. The maximum Gasteiger partial charge on any atom is 0.0931 e. The maximum absolute atomic E-state index is 5.95. The lowest BCUT2D eigenvalue weighted by atomic mass is 10.3. The molecule has 74 valence electrons. The number of hydrogen-bond donors (Lipinski definition) is 1. The first-order chi connectivity index (χ1) is 6.22. The molecule has 0 bridgehead atoms. The van der Waals surface area contributed by atoms with Crippen molar-refractivity contribution in [3.63, 3.8) is 0 Å². The summed E-state index contributed by atoms with van der Waals surface area (Å²) in [6, 6.07) is 3.95. The van der Waals surface area contributed by atoms with Crippen LogP contribution in [0, 0.1) is 0 Å². The van der Waals surface area contributed by atoms with Crippen LogP contribution in [0.1, 0.15) is 18.2 Å². The first-order valence-electron chi connectivity index (χ1n) is 4.31. The highest BCUT2D eigenvalue weighted by Gasteiger charge is 2.01. The van der Waals surface area contributed by atoms with Gasteiger partial charge in [0, 0.05) is 23.3 Å². The minimum atomic E-state index is 0.232. The van der Waals surface area contributed by atoms with Crippen LogP contribution >= 0.6 is 34.5 Å². The molecule has 0 radical (unpaired) electrons. The third kappa shape index (κ3) is 4.32. The molecule has 0 aromatic carbocycles. The second kappa shape index (κ2) is 5.86. The normalized spacial score (nSPS) is 13.2. The number of hydrogen-bond acceptors (Lipinski definition) is 2. The Balaban J connectivity index is 2.20. The molecule has 1 aromatic rings. The SMILES string of the molecule is CCC(Cl)CNCc1ccc(Cl)s1. The molecule has 1 unspecified atom stereocenters. The van der Waals surface area contributed by atoms with Gasteiger partial charge in [0.05, 0.1) is 4.34 Å². The molecule has 1 rings (SSSR count). The van der Waals surface area contributed by atoms with Gasteiger partial charge in [0.25, 0.3) is 0 Å². The number of nitrogens with one attached hydrogen (secondary N) is 1. The predicted octanol–water partition coefficient (Wildman–Crippen LogP) is 3.51. The van der Waals surface area contributed by atoms with Crippen LogP contribution in [0.3, 0.4) is 0 Å². The van der Waals surface area contributed by atoms with Crippen molar-refractivity contribution in [3.8, 4) is 0 Å². The predicted molar refractivity (Wildman–Crippen MR) is 61.0 cm³/mol. The molecule has 0 aliphatic rings. The second-order valence-electron chi connectivity index (χ2n) is 2.84. The maximum atomic E-state index is 5.95. The largest absolute Gasteiger partial charge is 0.310 e. The van der Waals surface area contributed by atoms with Crippen molar-refractivity contribution in [2.75, 3.05) is 6.54 Å². The Kier molecular flexibility index (Phi) is 5.10. The third-order valence-electron chi connectivity index (χ3n) is 1.74. The van der Waals surface area contributed by atoms with E-state index >= 15 is 0 Å². The summed E-state index contributed by atoms with van der Waals surface area (Å²) in [5.41, 5.74) is 0. The number of alkyl halides is 1. The van der Waals surface area contributed by atoms with Crippen molar-refractivity contribution in [3.05, 3.63) is 21.3 Å². The first-order valence-corrected chi connectivity index (χ1v) is 5.94. The Hall–Kier alpha value is 0.240. The van der Waals surface area contributed by atoms with Crippen LogP contribution < -0.4 is 5.32 Å². The fourth-order valence-corrected chi connectivity index (χ4v) is 2.11. The Bertz CT molecular complexity index is 250. The van der Waals surface area contributed by atoms with E-state index in [1.54, 1.807) is 11.3 Å². The molecule has 1 atom stereocenters. The van der Waals surface area contributed by atoms with Gasteiger partial charge in [-0.3, -0.25) is 0 Å². The van der Waals surface area contributed by atoms with Gasteiger partial charge in [-0.25, -0.2) is 0 Å².